The molecule has 3 nitrogen and oxygen atoms in total. The van der Waals surface area contributed by atoms with E-state index in [9.17, 15) is 13.6 Å². The minimum absolute atomic E-state index is 0.117. The number of hydrogen-bond donors (Lipinski definition) is 1. The molecule has 1 aromatic heterocycles. The quantitative estimate of drug-likeness (QED) is 0.671. The number of hydrazone groups is 1. The molecule has 1 heterocycles. The predicted molar refractivity (Wildman–Crippen MR) is 86.9 cm³/mol. The number of carbonyl (C=O) groups is 1. The highest BCUT2D eigenvalue weighted by molar-refractivity contribution is 7.14. The second kappa shape index (κ2) is 6.58. The summed E-state index contributed by atoms with van der Waals surface area (Å²) in [5.41, 5.74) is 3.75. The number of carbonyl (C=O) groups excluding carboxylic acids is 1. The fourth-order valence-electron chi connectivity index (χ4n) is 2.64. The molecule has 0 saturated heterocycles. The lowest BCUT2D eigenvalue weighted by Gasteiger charge is -2.16. The Kier molecular flexibility index (Phi) is 4.52. The first-order chi connectivity index (χ1) is 11.0. The molecule has 23 heavy (non-hydrogen) atoms. The molecule has 0 bridgehead atoms. The Hall–Kier alpha value is -2.08. The van der Waals surface area contributed by atoms with E-state index in [0.29, 0.717) is 10.8 Å². The molecule has 0 spiro atoms. The number of aryl methyl sites for hydroxylation is 1. The van der Waals surface area contributed by atoms with Crippen molar-refractivity contribution in [3.05, 3.63) is 56.8 Å². The van der Waals surface area contributed by atoms with Crippen LogP contribution in [0.4, 0.5) is 8.78 Å². The highest BCUT2D eigenvalue weighted by atomic mass is 32.1. The van der Waals surface area contributed by atoms with E-state index in [1.54, 1.807) is 0 Å². The zero-order chi connectivity index (χ0) is 16.4. The normalized spacial score (nSPS) is 17.3. The van der Waals surface area contributed by atoms with Crippen molar-refractivity contribution in [2.45, 2.75) is 26.2 Å². The van der Waals surface area contributed by atoms with Crippen LogP contribution in [-0.2, 0) is 12.8 Å². The molecule has 2 aromatic rings. The lowest BCUT2D eigenvalue weighted by atomic mass is 9.90. The van der Waals surface area contributed by atoms with Crippen LogP contribution in [0.15, 0.2) is 29.4 Å². The third-order valence-electron chi connectivity index (χ3n) is 3.89. The van der Waals surface area contributed by atoms with Gasteiger partial charge in [-0.25, -0.2) is 14.2 Å². The second-order valence-corrected chi connectivity index (χ2v) is 6.91. The predicted octanol–water partition coefficient (Wildman–Crippen LogP) is 3.92. The zero-order valence-corrected chi connectivity index (χ0v) is 13.4. The number of halogens is 2. The fraction of sp³-hybridized carbons (Fsp3) is 0.294. The average Bonchev–Trinajstić information content (AvgIpc) is 2.92. The number of nitrogens with one attached hydrogen (secondary N) is 1. The Bertz CT molecular complexity index is 770. The van der Waals surface area contributed by atoms with Crippen LogP contribution in [0.1, 0.15) is 39.0 Å². The lowest BCUT2D eigenvalue weighted by Crippen LogP contribution is -2.16. The molecule has 6 heteroatoms. The van der Waals surface area contributed by atoms with Gasteiger partial charge in [0.1, 0.15) is 11.6 Å². The number of amides is 1. The summed E-state index contributed by atoms with van der Waals surface area (Å²) in [5.74, 6) is -1.03. The summed E-state index contributed by atoms with van der Waals surface area (Å²) in [6.45, 7) is 2.21. The number of nitrogens with zero attached hydrogens (tertiary/aromatic N) is 1. The Labute approximate surface area is 137 Å². The number of benzene rings is 1. The minimum Gasteiger partial charge on any atom is -0.266 e. The molecular weight excluding hydrogens is 318 g/mol. The number of fused-ring (bicyclic) bond motifs is 1. The van der Waals surface area contributed by atoms with Gasteiger partial charge in [0.15, 0.2) is 0 Å². The third kappa shape index (κ3) is 3.64. The van der Waals surface area contributed by atoms with E-state index in [4.69, 9.17) is 0 Å². The van der Waals surface area contributed by atoms with Crippen LogP contribution in [0.2, 0.25) is 0 Å². The van der Waals surface area contributed by atoms with Crippen molar-refractivity contribution in [2.24, 2.45) is 11.0 Å². The van der Waals surface area contributed by atoms with Gasteiger partial charge in [-0.05, 0) is 48.9 Å². The number of thiophene rings is 1. The minimum atomic E-state index is -0.719. The topological polar surface area (TPSA) is 41.5 Å². The molecule has 1 aromatic carbocycles. The fourth-order valence-corrected chi connectivity index (χ4v) is 3.74. The van der Waals surface area contributed by atoms with Gasteiger partial charge in [-0.1, -0.05) is 6.92 Å². The van der Waals surface area contributed by atoms with E-state index in [2.05, 4.69) is 17.5 Å². The van der Waals surface area contributed by atoms with E-state index >= 15 is 0 Å². The summed E-state index contributed by atoms with van der Waals surface area (Å²) in [6.07, 6.45) is 4.33. The van der Waals surface area contributed by atoms with Crippen molar-refractivity contribution in [3.63, 3.8) is 0 Å². The average molecular weight is 334 g/mol. The van der Waals surface area contributed by atoms with Crippen molar-refractivity contribution >= 4 is 23.5 Å². The van der Waals surface area contributed by atoms with E-state index in [-0.39, 0.29) is 11.5 Å². The largest absolute Gasteiger partial charge is 0.281 e. The van der Waals surface area contributed by atoms with Crippen LogP contribution in [-0.4, -0.2) is 12.1 Å². The Morgan fingerprint density at radius 3 is 3.00 bits per heavy atom. The molecule has 1 amide bonds. The molecular formula is C17H16F2N2OS. The molecule has 0 unspecified atom stereocenters. The van der Waals surface area contributed by atoms with E-state index in [1.165, 1.54) is 34.1 Å². The van der Waals surface area contributed by atoms with E-state index < -0.39 is 11.6 Å². The summed E-state index contributed by atoms with van der Waals surface area (Å²) in [6, 6.07) is 5.10. The standard InChI is InChI=1S/C17H16F2N2OS/c1-10-2-5-15-12(6-10)7-16(23-15)17(22)21-20-9-11-3-4-13(18)8-14(11)19/h3-4,7-10H,2,5-6H2,1H3,(H,21,22)/b20-9-/t10-/m1/s1. The van der Waals surface area contributed by atoms with Gasteiger partial charge in [0.25, 0.3) is 5.91 Å². The monoisotopic (exact) mass is 334 g/mol. The summed E-state index contributed by atoms with van der Waals surface area (Å²) < 4.78 is 26.3. The van der Waals surface area contributed by atoms with Crippen molar-refractivity contribution in [1.82, 2.24) is 5.43 Å². The van der Waals surface area contributed by atoms with Gasteiger partial charge in [-0.3, -0.25) is 4.79 Å². The smallest absolute Gasteiger partial charge is 0.266 e. The van der Waals surface area contributed by atoms with Gasteiger partial charge in [0, 0.05) is 16.5 Å². The number of rotatable bonds is 3. The van der Waals surface area contributed by atoms with E-state index in [0.717, 1.165) is 31.4 Å². The van der Waals surface area contributed by atoms with Crippen LogP contribution >= 0.6 is 11.3 Å². The van der Waals surface area contributed by atoms with Crippen LogP contribution in [0.5, 0.6) is 0 Å². The van der Waals surface area contributed by atoms with E-state index in [1.807, 2.05) is 6.07 Å². The van der Waals surface area contributed by atoms with Gasteiger partial charge >= 0.3 is 0 Å². The van der Waals surface area contributed by atoms with Crippen LogP contribution in [0.25, 0.3) is 0 Å². The van der Waals surface area contributed by atoms with Crippen LogP contribution in [0.3, 0.4) is 0 Å². The van der Waals surface area contributed by atoms with Gasteiger partial charge < -0.3 is 0 Å². The second-order valence-electron chi connectivity index (χ2n) is 5.77. The molecule has 1 N–H and O–H groups in total. The third-order valence-corrected chi connectivity index (χ3v) is 5.12. The van der Waals surface area contributed by atoms with Crippen molar-refractivity contribution < 1.29 is 13.6 Å². The first kappa shape index (κ1) is 15.8. The maximum Gasteiger partial charge on any atom is 0.281 e. The van der Waals surface area contributed by atoms with Gasteiger partial charge in [-0.15, -0.1) is 11.3 Å². The summed E-state index contributed by atoms with van der Waals surface area (Å²) >= 11 is 1.49. The van der Waals surface area contributed by atoms with Gasteiger partial charge in [0.05, 0.1) is 11.1 Å². The van der Waals surface area contributed by atoms with Crippen molar-refractivity contribution in [2.75, 3.05) is 0 Å². The molecule has 0 radical (unpaired) electrons. The van der Waals surface area contributed by atoms with Crippen molar-refractivity contribution in [1.29, 1.82) is 0 Å². The van der Waals surface area contributed by atoms with Crippen molar-refractivity contribution in [3.8, 4) is 0 Å². The molecule has 1 aliphatic rings. The van der Waals surface area contributed by atoms with Gasteiger partial charge in [-0.2, -0.15) is 5.10 Å². The SMILES string of the molecule is C[C@@H]1CCc2sc(C(=O)N/N=C\c3ccc(F)cc3F)cc2C1. The van der Waals surface area contributed by atoms with Gasteiger partial charge in [0.2, 0.25) is 0 Å². The summed E-state index contributed by atoms with van der Waals surface area (Å²) in [5, 5.41) is 3.75. The van der Waals surface area contributed by atoms with Crippen LogP contribution < -0.4 is 5.43 Å². The zero-order valence-electron chi connectivity index (χ0n) is 12.6. The Morgan fingerprint density at radius 2 is 2.22 bits per heavy atom. The number of hydrogen-bond acceptors (Lipinski definition) is 3. The molecule has 1 aliphatic carbocycles. The Morgan fingerprint density at radius 1 is 1.39 bits per heavy atom. The maximum atomic E-state index is 13.4. The highest BCUT2D eigenvalue weighted by Crippen LogP contribution is 2.32. The summed E-state index contributed by atoms with van der Waals surface area (Å²) in [4.78, 5) is 14.0. The first-order valence-electron chi connectivity index (χ1n) is 7.43. The lowest BCUT2D eigenvalue weighted by molar-refractivity contribution is 0.0959. The molecule has 120 valence electrons. The molecule has 3 rings (SSSR count). The summed E-state index contributed by atoms with van der Waals surface area (Å²) in [7, 11) is 0. The Balaban J connectivity index is 1.66. The molecule has 1 atom stereocenters. The molecule has 0 saturated carbocycles. The first-order valence-corrected chi connectivity index (χ1v) is 8.24. The van der Waals surface area contributed by atoms with Crippen LogP contribution in [0, 0.1) is 17.6 Å². The maximum absolute atomic E-state index is 13.4. The molecule has 0 aliphatic heterocycles. The highest BCUT2D eigenvalue weighted by Gasteiger charge is 2.20. The molecule has 0 fully saturated rings.